The second-order valence-corrected chi connectivity index (χ2v) is 6.67. The van der Waals surface area contributed by atoms with E-state index in [9.17, 15) is 18.0 Å². The molecule has 1 aromatic heterocycles. The zero-order valence-corrected chi connectivity index (χ0v) is 13.1. The number of halogens is 3. The smallest absolute Gasteiger partial charge is 0.349 e. The molecular formula is C15H19F3N2OS. The minimum atomic E-state index is -4.28. The highest BCUT2D eigenvalue weighted by molar-refractivity contribution is 7.99. The largest absolute Gasteiger partial charge is 0.398 e. The van der Waals surface area contributed by atoms with Crippen LogP contribution in [-0.2, 0) is 0 Å². The topological polar surface area (TPSA) is 42.0 Å². The van der Waals surface area contributed by atoms with Crippen molar-refractivity contribution in [3.8, 4) is 0 Å². The average molecular weight is 332 g/mol. The lowest BCUT2D eigenvalue weighted by Crippen LogP contribution is -2.38. The number of nitrogens with one attached hydrogen (secondary N) is 1. The first-order valence-corrected chi connectivity index (χ1v) is 8.29. The lowest BCUT2D eigenvalue weighted by Gasteiger charge is -2.27. The van der Waals surface area contributed by atoms with Gasteiger partial charge < -0.3 is 5.32 Å². The van der Waals surface area contributed by atoms with Crippen molar-refractivity contribution in [1.29, 1.82) is 0 Å². The minimum Gasteiger partial charge on any atom is -0.349 e. The van der Waals surface area contributed by atoms with E-state index < -0.39 is 11.9 Å². The van der Waals surface area contributed by atoms with Crippen molar-refractivity contribution in [3.63, 3.8) is 0 Å². The molecule has 1 amide bonds. The van der Waals surface area contributed by atoms with E-state index in [1.165, 1.54) is 12.3 Å². The number of carbonyl (C=O) groups is 1. The molecule has 2 atom stereocenters. The van der Waals surface area contributed by atoms with Gasteiger partial charge in [0.1, 0.15) is 5.03 Å². The molecule has 0 saturated heterocycles. The van der Waals surface area contributed by atoms with Gasteiger partial charge in [0.05, 0.1) is 11.3 Å². The van der Waals surface area contributed by atoms with Gasteiger partial charge in [0, 0.05) is 12.2 Å². The number of aromatic nitrogens is 1. The Morgan fingerprint density at radius 3 is 2.91 bits per heavy atom. The van der Waals surface area contributed by atoms with Crippen LogP contribution in [-0.4, -0.2) is 28.9 Å². The van der Waals surface area contributed by atoms with E-state index in [0.29, 0.717) is 17.7 Å². The summed E-state index contributed by atoms with van der Waals surface area (Å²) in [6.45, 7) is 2.15. The molecule has 0 bridgehead atoms. The average Bonchev–Trinajstić information content (AvgIpc) is 2.44. The maximum absolute atomic E-state index is 12.3. The molecule has 0 aliphatic heterocycles. The molecular weight excluding hydrogens is 313 g/mol. The summed E-state index contributed by atoms with van der Waals surface area (Å²) in [4.78, 5) is 16.2. The summed E-state index contributed by atoms with van der Waals surface area (Å²) in [5, 5.41) is 3.06. The monoisotopic (exact) mass is 332 g/mol. The zero-order valence-electron chi connectivity index (χ0n) is 12.3. The lowest BCUT2D eigenvalue weighted by atomic mass is 9.87. The second kappa shape index (κ2) is 7.35. The van der Waals surface area contributed by atoms with Gasteiger partial charge in [-0.25, -0.2) is 4.98 Å². The van der Waals surface area contributed by atoms with Crippen molar-refractivity contribution in [2.75, 3.05) is 5.75 Å². The molecule has 2 rings (SSSR count). The minimum absolute atomic E-state index is 0.0944. The molecule has 0 aromatic carbocycles. The SMILES string of the molecule is C[C@H]1CCC[C@H](NC(=O)c2cccnc2SCC(F)(F)F)C1. The van der Waals surface area contributed by atoms with Crippen LogP contribution >= 0.6 is 11.8 Å². The van der Waals surface area contributed by atoms with Crippen molar-refractivity contribution < 1.29 is 18.0 Å². The Kier molecular flexibility index (Phi) is 5.72. The third kappa shape index (κ3) is 5.19. The molecule has 1 aliphatic carbocycles. The number of nitrogens with zero attached hydrogens (tertiary/aromatic N) is 1. The van der Waals surface area contributed by atoms with Crippen molar-refractivity contribution in [2.45, 2.75) is 49.9 Å². The first-order chi connectivity index (χ1) is 10.3. The molecule has 0 unspecified atom stereocenters. The van der Waals surface area contributed by atoms with Crippen LogP contribution < -0.4 is 5.32 Å². The number of pyridine rings is 1. The molecule has 0 spiro atoms. The Morgan fingerprint density at radius 1 is 1.45 bits per heavy atom. The second-order valence-electron chi connectivity index (χ2n) is 5.70. The van der Waals surface area contributed by atoms with E-state index in [-0.39, 0.29) is 22.5 Å². The Morgan fingerprint density at radius 2 is 2.23 bits per heavy atom. The van der Waals surface area contributed by atoms with Gasteiger partial charge in [-0.2, -0.15) is 13.2 Å². The van der Waals surface area contributed by atoms with Gasteiger partial charge >= 0.3 is 6.18 Å². The molecule has 3 nitrogen and oxygen atoms in total. The first kappa shape index (κ1) is 17.1. The maximum Gasteiger partial charge on any atom is 0.398 e. The highest BCUT2D eigenvalue weighted by Gasteiger charge is 2.29. The van der Waals surface area contributed by atoms with Gasteiger partial charge in [0.15, 0.2) is 0 Å². The van der Waals surface area contributed by atoms with Crippen LogP contribution in [0.15, 0.2) is 23.4 Å². The summed E-state index contributed by atoms with van der Waals surface area (Å²) < 4.78 is 37.0. The maximum atomic E-state index is 12.3. The van der Waals surface area contributed by atoms with E-state index in [4.69, 9.17) is 0 Å². The third-order valence-electron chi connectivity index (χ3n) is 3.66. The fourth-order valence-electron chi connectivity index (χ4n) is 2.66. The molecule has 1 saturated carbocycles. The highest BCUT2D eigenvalue weighted by atomic mass is 32.2. The number of hydrogen-bond acceptors (Lipinski definition) is 3. The predicted octanol–water partition coefficient (Wildman–Crippen LogP) is 4.04. The summed E-state index contributed by atoms with van der Waals surface area (Å²) in [5.41, 5.74) is 0.218. The number of hydrogen-bond donors (Lipinski definition) is 1. The van der Waals surface area contributed by atoms with E-state index in [1.54, 1.807) is 6.07 Å². The highest BCUT2D eigenvalue weighted by Crippen LogP contribution is 2.28. The van der Waals surface area contributed by atoms with Crippen LogP contribution in [0.3, 0.4) is 0 Å². The molecule has 1 N–H and O–H groups in total. The Balaban J connectivity index is 2.02. The number of alkyl halides is 3. The standard InChI is InChI=1S/C15H19F3N2OS/c1-10-4-2-5-11(8-10)20-13(21)12-6-3-7-19-14(12)22-9-15(16,17)18/h3,6-7,10-11H,2,4-5,8-9H2,1H3,(H,20,21)/t10-,11-/m0/s1. The van der Waals surface area contributed by atoms with Crippen LogP contribution in [0, 0.1) is 5.92 Å². The van der Waals surface area contributed by atoms with Crippen molar-refractivity contribution >= 4 is 17.7 Å². The molecule has 0 radical (unpaired) electrons. The summed E-state index contributed by atoms with van der Waals surface area (Å²) in [6, 6.07) is 3.18. The van der Waals surface area contributed by atoms with E-state index >= 15 is 0 Å². The van der Waals surface area contributed by atoms with Gasteiger partial charge in [0.2, 0.25) is 0 Å². The molecule has 122 valence electrons. The van der Waals surface area contributed by atoms with Crippen LogP contribution in [0.25, 0.3) is 0 Å². The molecule has 1 aliphatic rings. The van der Waals surface area contributed by atoms with Gasteiger partial charge in [-0.3, -0.25) is 4.79 Å². The van der Waals surface area contributed by atoms with E-state index in [0.717, 1.165) is 25.7 Å². The summed E-state index contributed by atoms with van der Waals surface area (Å²) in [5.74, 6) is -0.825. The Hall–Kier alpha value is -1.24. The van der Waals surface area contributed by atoms with E-state index in [1.807, 2.05) is 0 Å². The lowest BCUT2D eigenvalue weighted by molar-refractivity contribution is -0.105. The third-order valence-corrected chi connectivity index (χ3v) is 4.73. The molecule has 22 heavy (non-hydrogen) atoms. The summed E-state index contributed by atoms with van der Waals surface area (Å²) in [6.07, 6.45) is 1.17. The van der Waals surface area contributed by atoms with Crippen LogP contribution in [0.2, 0.25) is 0 Å². The molecule has 1 fully saturated rings. The summed E-state index contributed by atoms with van der Waals surface area (Å²) in [7, 11) is 0. The van der Waals surface area contributed by atoms with Crippen LogP contribution in [0.5, 0.6) is 0 Å². The number of thioether (sulfide) groups is 1. The van der Waals surface area contributed by atoms with Crippen LogP contribution in [0.4, 0.5) is 13.2 Å². The fraction of sp³-hybridized carbons (Fsp3) is 0.600. The van der Waals surface area contributed by atoms with E-state index in [2.05, 4.69) is 17.2 Å². The molecule has 1 aromatic rings. The normalized spacial score (nSPS) is 22.4. The van der Waals surface area contributed by atoms with Gasteiger partial charge in [0.25, 0.3) is 5.91 Å². The zero-order chi connectivity index (χ0) is 16.2. The van der Waals surface area contributed by atoms with Gasteiger partial charge in [-0.05, 0) is 30.9 Å². The Bertz CT molecular complexity index is 522. The van der Waals surface area contributed by atoms with Gasteiger partial charge in [-0.1, -0.05) is 31.5 Å². The van der Waals surface area contributed by atoms with Crippen molar-refractivity contribution in [1.82, 2.24) is 10.3 Å². The van der Waals surface area contributed by atoms with Crippen molar-refractivity contribution in [3.05, 3.63) is 23.9 Å². The summed E-state index contributed by atoms with van der Waals surface area (Å²) >= 11 is 0.548. The molecule has 1 heterocycles. The Labute approximate surface area is 132 Å². The van der Waals surface area contributed by atoms with Crippen LogP contribution in [0.1, 0.15) is 43.0 Å². The number of carbonyl (C=O) groups excluding carboxylic acids is 1. The number of amides is 1. The quantitative estimate of drug-likeness (QED) is 0.846. The van der Waals surface area contributed by atoms with Crippen molar-refractivity contribution in [2.24, 2.45) is 5.92 Å². The first-order valence-electron chi connectivity index (χ1n) is 7.30. The predicted molar refractivity (Wildman–Crippen MR) is 79.9 cm³/mol. The molecule has 7 heteroatoms. The number of rotatable bonds is 4. The fourth-order valence-corrected chi connectivity index (χ4v) is 3.41. The van der Waals surface area contributed by atoms with Gasteiger partial charge in [-0.15, -0.1) is 0 Å².